The minimum Gasteiger partial charge on any atom is -0.446 e. The van der Waals surface area contributed by atoms with Crippen LogP contribution in [0.2, 0.25) is 13.1 Å². The lowest BCUT2D eigenvalue weighted by Crippen LogP contribution is -2.45. The molecule has 0 spiro atoms. The Kier molecular flexibility index (Phi) is 2.29. The summed E-state index contributed by atoms with van der Waals surface area (Å²) in [5, 5.41) is 10.1. The second-order valence-corrected chi connectivity index (χ2v) is 7.82. The lowest BCUT2D eigenvalue weighted by Gasteiger charge is -2.16. The minimum absolute atomic E-state index is 0.223. The zero-order chi connectivity index (χ0) is 11.2. The number of aldehydes is 1. The number of fused-ring (bicyclic) bond motifs is 1. The highest BCUT2D eigenvalue weighted by atomic mass is 28.4. The molecule has 0 saturated carbocycles. The van der Waals surface area contributed by atoms with Crippen LogP contribution in [0.25, 0.3) is 0 Å². The fourth-order valence-electron chi connectivity index (χ4n) is 1.95. The third-order valence-electron chi connectivity index (χ3n) is 2.55. The largest absolute Gasteiger partial charge is 0.480 e. The van der Waals surface area contributed by atoms with E-state index in [1.54, 1.807) is 0 Å². The van der Waals surface area contributed by atoms with Gasteiger partial charge in [0.2, 0.25) is 8.32 Å². The summed E-state index contributed by atoms with van der Waals surface area (Å²) in [7, 11) is -3.45. The van der Waals surface area contributed by atoms with Crippen LogP contribution < -0.4 is 10.6 Å². The van der Waals surface area contributed by atoms with E-state index < -0.39 is 21.3 Å². The van der Waals surface area contributed by atoms with Crippen LogP contribution in [-0.4, -0.2) is 26.7 Å². The standard InChI is InChI=1S/C9H10BFO3Si/c1-15(2)9-7(10(13)14-15)3-6(5-12)4-8(9)11/h3-5,13H,1-2H3. The van der Waals surface area contributed by atoms with Crippen molar-refractivity contribution in [3.63, 3.8) is 0 Å². The molecule has 78 valence electrons. The van der Waals surface area contributed by atoms with Gasteiger partial charge in [0, 0.05) is 10.8 Å². The van der Waals surface area contributed by atoms with Crippen LogP contribution in [0.4, 0.5) is 4.39 Å². The number of rotatable bonds is 1. The van der Waals surface area contributed by atoms with Gasteiger partial charge in [-0.05, 0) is 24.6 Å². The molecule has 0 fully saturated rings. The number of carbonyl (C=O) groups excluding carboxylic acids is 1. The van der Waals surface area contributed by atoms with Gasteiger partial charge in [0.1, 0.15) is 12.1 Å². The summed E-state index contributed by atoms with van der Waals surface area (Å²) in [5.41, 5.74) is 0.620. The summed E-state index contributed by atoms with van der Waals surface area (Å²) in [4.78, 5) is 10.5. The Bertz CT molecular complexity index is 436. The molecule has 0 bridgehead atoms. The molecule has 1 heterocycles. The molecule has 6 heteroatoms. The Balaban J connectivity index is 2.68. The summed E-state index contributed by atoms with van der Waals surface area (Å²) in [6, 6.07) is 2.67. The number of hydrogen-bond donors (Lipinski definition) is 1. The van der Waals surface area contributed by atoms with Gasteiger partial charge in [0.15, 0.2) is 0 Å². The van der Waals surface area contributed by atoms with Crippen molar-refractivity contribution in [3.05, 3.63) is 23.5 Å². The summed E-state index contributed by atoms with van der Waals surface area (Å²) in [6.45, 7) is 3.62. The molecule has 0 radical (unpaired) electrons. The average Bonchev–Trinajstić information content (AvgIpc) is 2.37. The summed E-state index contributed by atoms with van der Waals surface area (Å²) in [6.07, 6.45) is 0.558. The van der Waals surface area contributed by atoms with Crippen LogP contribution in [0.15, 0.2) is 12.1 Å². The molecule has 15 heavy (non-hydrogen) atoms. The second kappa shape index (κ2) is 3.26. The molecule has 0 saturated heterocycles. The maximum Gasteiger partial charge on any atom is 0.480 e. The summed E-state index contributed by atoms with van der Waals surface area (Å²) < 4.78 is 19.0. The Morgan fingerprint density at radius 2 is 2.20 bits per heavy atom. The number of carbonyl (C=O) groups is 1. The Morgan fingerprint density at radius 3 is 2.80 bits per heavy atom. The Hall–Kier alpha value is -0.978. The van der Waals surface area contributed by atoms with E-state index in [0.29, 0.717) is 16.9 Å². The SMILES string of the molecule is C[Si]1(C)OB(O)c2cc(C=O)cc(F)c21. The molecule has 0 amide bonds. The predicted molar refractivity (Wildman–Crippen MR) is 57.6 cm³/mol. The van der Waals surface area contributed by atoms with Crippen LogP contribution in [0, 0.1) is 5.82 Å². The van der Waals surface area contributed by atoms with Gasteiger partial charge in [-0.15, -0.1) is 0 Å². The average molecular weight is 224 g/mol. The van der Waals surface area contributed by atoms with E-state index in [4.69, 9.17) is 4.34 Å². The van der Waals surface area contributed by atoms with E-state index in [2.05, 4.69) is 0 Å². The number of hydrogen-bond acceptors (Lipinski definition) is 3. The lowest BCUT2D eigenvalue weighted by atomic mass is 9.79. The predicted octanol–water partition coefficient (Wildman–Crippen LogP) is -0.232. The zero-order valence-corrected chi connectivity index (χ0v) is 9.45. The first-order valence-electron chi connectivity index (χ1n) is 4.60. The fourth-order valence-corrected chi connectivity index (χ4v) is 4.29. The lowest BCUT2D eigenvalue weighted by molar-refractivity contribution is 0.112. The third-order valence-corrected chi connectivity index (χ3v) is 5.10. The molecule has 2 rings (SSSR count). The van der Waals surface area contributed by atoms with Gasteiger partial charge in [0.25, 0.3) is 0 Å². The molecule has 0 atom stereocenters. The molecule has 0 aromatic heterocycles. The number of benzene rings is 1. The van der Waals surface area contributed by atoms with Gasteiger partial charge in [-0.2, -0.15) is 0 Å². The van der Waals surface area contributed by atoms with Crippen molar-refractivity contribution in [1.29, 1.82) is 0 Å². The van der Waals surface area contributed by atoms with Crippen molar-refractivity contribution >= 4 is 32.4 Å². The van der Waals surface area contributed by atoms with E-state index in [1.165, 1.54) is 12.1 Å². The first-order chi connectivity index (χ1) is 6.95. The number of halogens is 1. The van der Waals surface area contributed by atoms with Gasteiger partial charge >= 0.3 is 7.12 Å². The summed E-state index contributed by atoms with van der Waals surface area (Å²) in [5.74, 6) is -0.456. The van der Waals surface area contributed by atoms with Gasteiger partial charge in [0.05, 0.1) is 0 Å². The van der Waals surface area contributed by atoms with Crippen LogP contribution >= 0.6 is 0 Å². The molecule has 3 nitrogen and oxygen atoms in total. The molecule has 1 aliphatic heterocycles. The topological polar surface area (TPSA) is 46.5 Å². The van der Waals surface area contributed by atoms with E-state index in [1.807, 2.05) is 13.1 Å². The van der Waals surface area contributed by atoms with E-state index in [0.717, 1.165) is 0 Å². The van der Waals surface area contributed by atoms with Crippen molar-refractivity contribution in [1.82, 2.24) is 0 Å². The maximum absolute atomic E-state index is 13.7. The van der Waals surface area contributed by atoms with Gasteiger partial charge in [-0.25, -0.2) is 4.39 Å². The van der Waals surface area contributed by atoms with E-state index >= 15 is 0 Å². The van der Waals surface area contributed by atoms with E-state index in [-0.39, 0.29) is 5.56 Å². The third kappa shape index (κ3) is 1.54. The van der Waals surface area contributed by atoms with Crippen molar-refractivity contribution in [3.8, 4) is 0 Å². The first-order valence-corrected chi connectivity index (χ1v) is 7.51. The first kappa shape index (κ1) is 10.5. The van der Waals surface area contributed by atoms with Crippen molar-refractivity contribution in [2.45, 2.75) is 13.1 Å². The van der Waals surface area contributed by atoms with Gasteiger partial charge in [-0.3, -0.25) is 4.79 Å². The van der Waals surface area contributed by atoms with Gasteiger partial charge in [-0.1, -0.05) is 6.07 Å². The van der Waals surface area contributed by atoms with Crippen molar-refractivity contribution in [2.75, 3.05) is 0 Å². The van der Waals surface area contributed by atoms with Crippen LogP contribution in [0.5, 0.6) is 0 Å². The van der Waals surface area contributed by atoms with Gasteiger partial charge < -0.3 is 9.37 Å². The minimum atomic E-state index is -2.35. The van der Waals surface area contributed by atoms with Crippen molar-refractivity contribution in [2.24, 2.45) is 0 Å². The molecular weight excluding hydrogens is 214 g/mol. The Morgan fingerprint density at radius 1 is 1.53 bits per heavy atom. The normalized spacial score (nSPS) is 17.7. The fraction of sp³-hybridized carbons (Fsp3) is 0.222. The molecule has 1 aromatic carbocycles. The molecule has 1 aliphatic rings. The second-order valence-electron chi connectivity index (χ2n) is 4.07. The molecule has 1 N–H and O–H groups in total. The molecule has 0 aliphatic carbocycles. The monoisotopic (exact) mass is 224 g/mol. The highest BCUT2D eigenvalue weighted by Gasteiger charge is 2.44. The van der Waals surface area contributed by atoms with Crippen LogP contribution in [0.3, 0.4) is 0 Å². The highest BCUT2D eigenvalue weighted by Crippen LogP contribution is 2.15. The molecule has 1 aromatic rings. The maximum atomic E-state index is 13.7. The highest BCUT2D eigenvalue weighted by molar-refractivity contribution is 6.97. The van der Waals surface area contributed by atoms with Crippen LogP contribution in [-0.2, 0) is 4.34 Å². The smallest absolute Gasteiger partial charge is 0.446 e. The molecular formula is C9H10BFO3Si. The zero-order valence-electron chi connectivity index (χ0n) is 8.45. The Labute approximate surface area is 88.2 Å². The van der Waals surface area contributed by atoms with Crippen molar-refractivity contribution < 1.29 is 18.6 Å². The molecule has 0 unspecified atom stereocenters. The van der Waals surface area contributed by atoms with Crippen LogP contribution in [0.1, 0.15) is 10.4 Å². The summed E-state index contributed by atoms with van der Waals surface area (Å²) >= 11 is 0. The quantitative estimate of drug-likeness (QED) is 0.529. The van der Waals surface area contributed by atoms with E-state index in [9.17, 15) is 14.2 Å².